The normalized spacial score (nSPS) is 24.3. The summed E-state index contributed by atoms with van der Waals surface area (Å²) in [4.78, 5) is 38.5. The summed E-state index contributed by atoms with van der Waals surface area (Å²) < 4.78 is 16.0. The maximum absolute atomic E-state index is 13.3. The van der Waals surface area contributed by atoms with Crippen LogP contribution >= 0.6 is 0 Å². The van der Waals surface area contributed by atoms with Crippen molar-refractivity contribution in [2.24, 2.45) is 5.41 Å². The molecule has 7 heteroatoms. The van der Waals surface area contributed by atoms with Crippen molar-refractivity contribution in [3.63, 3.8) is 0 Å². The predicted molar refractivity (Wildman–Crippen MR) is 121 cm³/mol. The molecule has 0 radical (unpaired) electrons. The second-order valence-corrected chi connectivity index (χ2v) is 9.78. The van der Waals surface area contributed by atoms with Crippen molar-refractivity contribution in [3.8, 4) is 0 Å². The Hall–Kier alpha value is -2.93. The first-order valence-electron chi connectivity index (χ1n) is 11.4. The van der Waals surface area contributed by atoms with Crippen molar-refractivity contribution >= 4 is 17.7 Å². The second kappa shape index (κ2) is 9.14. The first-order valence-corrected chi connectivity index (χ1v) is 11.4. The topological polar surface area (TPSA) is 90.9 Å². The van der Waals surface area contributed by atoms with Gasteiger partial charge >= 0.3 is 11.9 Å². The molecule has 33 heavy (non-hydrogen) atoms. The number of carbonyl (C=O) groups is 3. The Morgan fingerprint density at radius 1 is 1.15 bits per heavy atom. The number of hydrogen-bond donors (Lipinski definition) is 1. The van der Waals surface area contributed by atoms with Gasteiger partial charge in [-0.25, -0.2) is 9.59 Å². The molecule has 2 heterocycles. The van der Waals surface area contributed by atoms with E-state index in [0.29, 0.717) is 41.9 Å². The van der Waals surface area contributed by atoms with Crippen molar-refractivity contribution in [1.29, 1.82) is 0 Å². The minimum atomic E-state index is -0.562. The molecule has 2 atom stereocenters. The van der Waals surface area contributed by atoms with Gasteiger partial charge in [0.15, 0.2) is 5.78 Å². The zero-order valence-corrected chi connectivity index (χ0v) is 19.7. The van der Waals surface area contributed by atoms with Gasteiger partial charge in [-0.15, -0.1) is 0 Å². The maximum Gasteiger partial charge on any atom is 0.337 e. The Labute approximate surface area is 194 Å². The molecule has 0 aromatic heterocycles. The van der Waals surface area contributed by atoms with Crippen LogP contribution in [0.1, 0.15) is 68.3 Å². The van der Waals surface area contributed by atoms with E-state index in [0.717, 1.165) is 24.1 Å². The summed E-state index contributed by atoms with van der Waals surface area (Å²) >= 11 is 0. The quantitative estimate of drug-likeness (QED) is 0.678. The predicted octanol–water partition coefficient (Wildman–Crippen LogP) is 3.80. The van der Waals surface area contributed by atoms with Gasteiger partial charge in [-0.05, 0) is 49.3 Å². The molecule has 1 N–H and O–H groups in total. The van der Waals surface area contributed by atoms with E-state index in [4.69, 9.17) is 14.2 Å². The van der Waals surface area contributed by atoms with E-state index in [2.05, 4.69) is 19.2 Å². The fraction of sp³-hybridized carbons (Fsp3) is 0.500. The van der Waals surface area contributed by atoms with Crippen LogP contribution in [0.2, 0.25) is 0 Å². The van der Waals surface area contributed by atoms with Gasteiger partial charge in [0.2, 0.25) is 0 Å². The number of carbonyl (C=O) groups excluding carboxylic acids is 3. The molecule has 4 rings (SSSR count). The minimum Gasteiger partial charge on any atom is -0.465 e. The Balaban J connectivity index is 1.72. The van der Waals surface area contributed by atoms with E-state index in [1.807, 2.05) is 6.92 Å². The van der Waals surface area contributed by atoms with Gasteiger partial charge in [-0.2, -0.15) is 0 Å². The van der Waals surface area contributed by atoms with Gasteiger partial charge in [-0.1, -0.05) is 26.0 Å². The average molecular weight is 454 g/mol. The van der Waals surface area contributed by atoms with Gasteiger partial charge in [0.05, 0.1) is 24.4 Å². The number of ketones is 1. The fourth-order valence-electron chi connectivity index (χ4n) is 4.99. The lowest BCUT2D eigenvalue weighted by Gasteiger charge is -2.39. The van der Waals surface area contributed by atoms with Crippen LogP contribution < -0.4 is 5.32 Å². The third-order valence-corrected chi connectivity index (χ3v) is 6.55. The van der Waals surface area contributed by atoms with Crippen LogP contribution in [0.25, 0.3) is 0 Å². The molecule has 7 nitrogen and oxygen atoms in total. The van der Waals surface area contributed by atoms with Crippen LogP contribution in [-0.2, 0) is 23.8 Å². The molecule has 0 bridgehead atoms. The van der Waals surface area contributed by atoms with Crippen LogP contribution in [0.5, 0.6) is 0 Å². The zero-order valence-electron chi connectivity index (χ0n) is 19.7. The highest BCUT2D eigenvalue weighted by molar-refractivity contribution is 6.04. The molecule has 1 saturated heterocycles. The standard InChI is InChI=1S/C26H31NO6/c1-15-21(25(30)33-14-18-6-5-11-32-18)22(16-7-9-17(10-8-16)24(29)31-4)23-19(27-15)12-26(2,3)13-20(23)28/h7-10,18,22,27H,5-6,11-14H2,1-4H3/t18-,22+/m1/s1. The van der Waals surface area contributed by atoms with Gasteiger partial charge < -0.3 is 19.5 Å². The molecule has 0 spiro atoms. The second-order valence-electron chi connectivity index (χ2n) is 9.78. The summed E-state index contributed by atoms with van der Waals surface area (Å²) in [6, 6.07) is 6.87. The third kappa shape index (κ3) is 4.74. The van der Waals surface area contributed by atoms with Gasteiger partial charge in [0, 0.05) is 35.9 Å². The number of nitrogens with one attached hydrogen (secondary N) is 1. The lowest BCUT2D eigenvalue weighted by molar-refractivity contribution is -0.142. The summed E-state index contributed by atoms with van der Waals surface area (Å²) in [5.41, 5.74) is 3.56. The first-order chi connectivity index (χ1) is 15.7. The van der Waals surface area contributed by atoms with E-state index >= 15 is 0 Å². The maximum atomic E-state index is 13.3. The summed E-state index contributed by atoms with van der Waals surface area (Å²) in [6.07, 6.45) is 2.85. The summed E-state index contributed by atoms with van der Waals surface area (Å²) in [7, 11) is 1.33. The van der Waals surface area contributed by atoms with Crippen LogP contribution in [0.15, 0.2) is 46.8 Å². The molecular formula is C26H31NO6. The van der Waals surface area contributed by atoms with Crippen LogP contribution in [0.3, 0.4) is 0 Å². The van der Waals surface area contributed by atoms with Crippen LogP contribution in [0, 0.1) is 5.41 Å². The molecule has 3 aliphatic rings. The molecule has 1 fully saturated rings. The molecular weight excluding hydrogens is 422 g/mol. The van der Waals surface area contributed by atoms with E-state index in [1.165, 1.54) is 7.11 Å². The van der Waals surface area contributed by atoms with Crippen molar-refractivity contribution in [2.75, 3.05) is 20.3 Å². The Morgan fingerprint density at radius 3 is 2.52 bits per heavy atom. The van der Waals surface area contributed by atoms with Crippen molar-refractivity contribution in [1.82, 2.24) is 5.32 Å². The lowest BCUT2D eigenvalue weighted by atomic mass is 9.68. The molecule has 1 aromatic carbocycles. The largest absolute Gasteiger partial charge is 0.465 e. The number of rotatable bonds is 5. The van der Waals surface area contributed by atoms with E-state index in [9.17, 15) is 14.4 Å². The Bertz CT molecular complexity index is 1030. The van der Waals surface area contributed by atoms with E-state index < -0.39 is 17.9 Å². The minimum absolute atomic E-state index is 0.0210. The number of methoxy groups -OCH3 is 1. The zero-order chi connectivity index (χ0) is 23.8. The lowest BCUT2D eigenvalue weighted by Crippen LogP contribution is -2.39. The highest BCUT2D eigenvalue weighted by atomic mass is 16.6. The van der Waals surface area contributed by atoms with Crippen molar-refractivity contribution in [3.05, 3.63) is 57.9 Å². The molecule has 1 aromatic rings. The fourth-order valence-corrected chi connectivity index (χ4v) is 4.99. The summed E-state index contributed by atoms with van der Waals surface area (Å²) in [5.74, 6) is -1.44. The van der Waals surface area contributed by atoms with Crippen LogP contribution in [0.4, 0.5) is 0 Å². The summed E-state index contributed by atoms with van der Waals surface area (Å²) in [5, 5.41) is 3.33. The first kappa shape index (κ1) is 23.2. The highest BCUT2D eigenvalue weighted by Gasteiger charge is 2.43. The number of dihydropyridines is 1. The Kier molecular flexibility index (Phi) is 6.43. The Morgan fingerprint density at radius 2 is 1.88 bits per heavy atom. The smallest absolute Gasteiger partial charge is 0.337 e. The number of benzene rings is 1. The van der Waals surface area contributed by atoms with E-state index in [-0.39, 0.29) is 23.9 Å². The summed E-state index contributed by atoms with van der Waals surface area (Å²) in [6.45, 7) is 6.86. The monoisotopic (exact) mass is 453 g/mol. The van der Waals surface area contributed by atoms with E-state index in [1.54, 1.807) is 24.3 Å². The van der Waals surface area contributed by atoms with Crippen molar-refractivity contribution < 1.29 is 28.6 Å². The SMILES string of the molecule is COC(=O)c1ccc([C@H]2C(C(=O)OC[C@H]3CCCO3)=C(C)NC3=C2C(=O)CC(C)(C)C3)cc1. The third-order valence-electron chi connectivity index (χ3n) is 6.55. The molecule has 2 aliphatic heterocycles. The molecule has 176 valence electrons. The van der Waals surface area contributed by atoms with Crippen molar-refractivity contribution in [2.45, 2.75) is 58.5 Å². The number of ether oxygens (including phenoxy) is 3. The molecule has 1 aliphatic carbocycles. The number of Topliss-reactive ketones (excluding diaryl/α,β-unsaturated/α-hetero) is 1. The highest BCUT2D eigenvalue weighted by Crippen LogP contribution is 2.46. The number of hydrogen-bond acceptors (Lipinski definition) is 7. The average Bonchev–Trinajstić information content (AvgIpc) is 3.29. The van der Waals surface area contributed by atoms with Crippen LogP contribution in [-0.4, -0.2) is 44.1 Å². The molecule has 0 amide bonds. The van der Waals surface area contributed by atoms with Gasteiger partial charge in [-0.3, -0.25) is 4.79 Å². The number of esters is 2. The number of allylic oxidation sites excluding steroid dienone is 3. The van der Waals surface area contributed by atoms with Gasteiger partial charge in [0.1, 0.15) is 6.61 Å². The molecule has 0 unspecified atom stereocenters. The molecule has 0 saturated carbocycles. The van der Waals surface area contributed by atoms with Gasteiger partial charge in [0.25, 0.3) is 0 Å².